The van der Waals surface area contributed by atoms with Crippen molar-refractivity contribution in [3.63, 3.8) is 0 Å². The number of aromatic nitrogens is 2. The zero-order chi connectivity index (χ0) is 20.4. The number of nitrogens with zero attached hydrogens (tertiary/aromatic N) is 4. The first kappa shape index (κ1) is 23.0. The van der Waals surface area contributed by atoms with Gasteiger partial charge in [0.15, 0.2) is 5.13 Å². The summed E-state index contributed by atoms with van der Waals surface area (Å²) in [5, 5.41) is 5.12. The Morgan fingerprint density at radius 2 is 2.07 bits per heavy atom. The summed E-state index contributed by atoms with van der Waals surface area (Å²) in [7, 11) is 0. The molecule has 1 amide bonds. The van der Waals surface area contributed by atoms with Gasteiger partial charge in [0.2, 0.25) is 5.76 Å². The minimum Gasteiger partial charge on any atom is -0.379 e. The number of hydrogen-bond acceptors (Lipinski definition) is 7. The molecule has 10 heteroatoms. The molecule has 3 heterocycles. The number of ether oxygens (including phenoxy) is 1. The summed E-state index contributed by atoms with van der Waals surface area (Å²) in [4.78, 5) is 21.9. The lowest BCUT2D eigenvalue weighted by Crippen LogP contribution is -2.39. The number of rotatable bonds is 6. The van der Waals surface area contributed by atoms with Crippen LogP contribution in [-0.4, -0.2) is 60.3 Å². The summed E-state index contributed by atoms with van der Waals surface area (Å²) in [5.41, 5.74) is 2.53. The van der Waals surface area contributed by atoms with Crippen molar-refractivity contribution in [2.45, 2.75) is 20.3 Å². The molecule has 0 N–H and O–H groups in total. The number of aryl methyl sites for hydroxylation is 2. The van der Waals surface area contributed by atoms with Crippen LogP contribution in [0.3, 0.4) is 0 Å². The van der Waals surface area contributed by atoms with Crippen LogP contribution < -0.4 is 4.90 Å². The highest BCUT2D eigenvalue weighted by atomic mass is 35.5. The predicted octanol–water partition coefficient (Wildman–Crippen LogP) is 4.35. The van der Waals surface area contributed by atoms with Gasteiger partial charge in [-0.1, -0.05) is 34.2 Å². The molecule has 0 unspecified atom stereocenters. The molecule has 0 spiro atoms. The molecule has 1 saturated heterocycles. The summed E-state index contributed by atoms with van der Waals surface area (Å²) in [6.45, 7) is 8.58. The first-order chi connectivity index (χ1) is 14.0. The number of halogens is 2. The number of hydrogen-bond donors (Lipinski definition) is 0. The Labute approximate surface area is 190 Å². The molecule has 1 aliphatic rings. The molecule has 162 valence electrons. The fraction of sp³-hybridized carbons (Fsp3) is 0.450. The standard InChI is InChI=1S/C20H23ClN4O3S.ClH/c1-13-4-5-15(21)18-17(13)22-20(29-18)25(19(26)16-12-14(2)23-28-16)7-3-6-24-8-10-27-11-9-24;/h4-5,12H,3,6-11H2,1-2H3;1H. The van der Waals surface area contributed by atoms with Crippen LogP contribution in [0.2, 0.25) is 5.02 Å². The summed E-state index contributed by atoms with van der Waals surface area (Å²) in [6, 6.07) is 5.47. The molecule has 2 aromatic heterocycles. The summed E-state index contributed by atoms with van der Waals surface area (Å²) in [5.74, 6) is -0.0173. The van der Waals surface area contributed by atoms with Crippen LogP contribution in [0.15, 0.2) is 22.7 Å². The third kappa shape index (κ3) is 4.95. The zero-order valence-electron chi connectivity index (χ0n) is 16.9. The van der Waals surface area contributed by atoms with Crippen molar-refractivity contribution in [1.82, 2.24) is 15.0 Å². The Kier molecular flexibility index (Phi) is 7.70. The van der Waals surface area contributed by atoms with Gasteiger partial charge in [-0.05, 0) is 31.9 Å². The van der Waals surface area contributed by atoms with E-state index in [-0.39, 0.29) is 24.1 Å². The largest absolute Gasteiger partial charge is 0.379 e. The second kappa shape index (κ2) is 10.1. The van der Waals surface area contributed by atoms with Gasteiger partial charge in [-0.2, -0.15) is 0 Å². The fourth-order valence-corrected chi connectivity index (χ4v) is 4.71. The molecule has 1 fully saturated rings. The minimum absolute atomic E-state index is 0. The van der Waals surface area contributed by atoms with Crippen molar-refractivity contribution < 1.29 is 14.1 Å². The monoisotopic (exact) mass is 470 g/mol. The Bertz CT molecular complexity index is 978. The smallest absolute Gasteiger partial charge is 0.298 e. The highest BCUT2D eigenvalue weighted by Crippen LogP contribution is 2.36. The van der Waals surface area contributed by atoms with Crippen LogP contribution >= 0.6 is 35.3 Å². The average Bonchev–Trinajstić information content (AvgIpc) is 3.36. The Balaban J connectivity index is 0.00000256. The fourth-order valence-electron chi connectivity index (χ4n) is 3.36. The van der Waals surface area contributed by atoms with Gasteiger partial charge < -0.3 is 9.26 Å². The van der Waals surface area contributed by atoms with Gasteiger partial charge in [0, 0.05) is 32.2 Å². The van der Waals surface area contributed by atoms with Crippen molar-refractivity contribution in [2.75, 3.05) is 44.3 Å². The van der Waals surface area contributed by atoms with Gasteiger partial charge >= 0.3 is 0 Å². The molecule has 0 aliphatic carbocycles. The third-order valence-electron chi connectivity index (χ3n) is 4.96. The number of morpholine rings is 1. The number of carbonyl (C=O) groups is 1. The first-order valence-corrected chi connectivity index (χ1v) is 10.8. The van der Waals surface area contributed by atoms with Crippen LogP contribution in [0.25, 0.3) is 10.2 Å². The van der Waals surface area contributed by atoms with E-state index in [4.69, 9.17) is 25.8 Å². The van der Waals surface area contributed by atoms with Crippen molar-refractivity contribution in [2.24, 2.45) is 0 Å². The van der Waals surface area contributed by atoms with Gasteiger partial charge in [-0.15, -0.1) is 12.4 Å². The van der Waals surface area contributed by atoms with E-state index in [0.29, 0.717) is 22.4 Å². The lowest BCUT2D eigenvalue weighted by atomic mass is 10.2. The summed E-state index contributed by atoms with van der Waals surface area (Å²) in [6.07, 6.45) is 0.821. The molecular weight excluding hydrogens is 447 g/mol. The zero-order valence-corrected chi connectivity index (χ0v) is 19.3. The van der Waals surface area contributed by atoms with Crippen LogP contribution in [0, 0.1) is 13.8 Å². The molecule has 0 radical (unpaired) electrons. The number of fused-ring (bicyclic) bond motifs is 1. The van der Waals surface area contributed by atoms with E-state index in [0.717, 1.165) is 55.0 Å². The van der Waals surface area contributed by atoms with Gasteiger partial charge in [-0.25, -0.2) is 4.98 Å². The molecule has 7 nitrogen and oxygen atoms in total. The van der Waals surface area contributed by atoms with E-state index in [1.807, 2.05) is 19.1 Å². The van der Waals surface area contributed by atoms with Crippen molar-refractivity contribution in [1.29, 1.82) is 0 Å². The van der Waals surface area contributed by atoms with Gasteiger partial charge in [0.1, 0.15) is 0 Å². The molecule has 0 saturated carbocycles. The van der Waals surface area contributed by atoms with E-state index in [2.05, 4.69) is 10.1 Å². The number of carbonyl (C=O) groups excluding carboxylic acids is 1. The van der Waals surface area contributed by atoms with Crippen LogP contribution in [0.5, 0.6) is 0 Å². The maximum Gasteiger partial charge on any atom is 0.298 e. The first-order valence-electron chi connectivity index (χ1n) is 9.64. The topological polar surface area (TPSA) is 71.7 Å². The van der Waals surface area contributed by atoms with E-state index in [9.17, 15) is 4.79 Å². The number of benzene rings is 1. The van der Waals surface area contributed by atoms with Crippen LogP contribution in [-0.2, 0) is 4.74 Å². The van der Waals surface area contributed by atoms with Crippen molar-refractivity contribution in [3.8, 4) is 0 Å². The quantitative estimate of drug-likeness (QED) is 0.533. The molecule has 0 bridgehead atoms. The van der Waals surface area contributed by atoms with Crippen molar-refractivity contribution in [3.05, 3.63) is 40.2 Å². The van der Waals surface area contributed by atoms with Gasteiger partial charge in [0.05, 0.1) is 34.1 Å². The summed E-state index contributed by atoms with van der Waals surface area (Å²) >= 11 is 7.80. The maximum atomic E-state index is 13.2. The van der Waals surface area contributed by atoms with Crippen LogP contribution in [0.1, 0.15) is 28.2 Å². The van der Waals surface area contributed by atoms with E-state index in [1.54, 1.807) is 17.9 Å². The second-order valence-electron chi connectivity index (χ2n) is 7.14. The maximum absolute atomic E-state index is 13.2. The highest BCUT2D eigenvalue weighted by molar-refractivity contribution is 7.23. The molecule has 0 atom stereocenters. The highest BCUT2D eigenvalue weighted by Gasteiger charge is 2.25. The molecule has 1 aromatic carbocycles. The Morgan fingerprint density at radius 1 is 1.30 bits per heavy atom. The minimum atomic E-state index is -0.236. The molecule has 4 rings (SSSR count). The molecule has 1 aliphatic heterocycles. The SMILES string of the molecule is Cc1cc(C(=O)N(CCCN2CCOCC2)c2nc3c(C)ccc(Cl)c3s2)on1.Cl. The molecular formula is C20H24Cl2N4O3S. The van der Waals surface area contributed by atoms with E-state index >= 15 is 0 Å². The molecule has 3 aromatic rings. The molecule has 30 heavy (non-hydrogen) atoms. The van der Waals surface area contributed by atoms with Crippen LogP contribution in [0.4, 0.5) is 5.13 Å². The van der Waals surface area contributed by atoms with Gasteiger partial charge in [0.25, 0.3) is 5.91 Å². The lowest BCUT2D eigenvalue weighted by Gasteiger charge is -2.27. The average molecular weight is 471 g/mol. The van der Waals surface area contributed by atoms with Gasteiger partial charge in [-0.3, -0.25) is 14.6 Å². The Hall–Kier alpha value is -1.71. The second-order valence-corrected chi connectivity index (χ2v) is 8.52. The number of thiazole rings is 1. The number of anilines is 1. The Morgan fingerprint density at radius 3 is 2.73 bits per heavy atom. The lowest BCUT2D eigenvalue weighted by molar-refractivity contribution is 0.0376. The van der Waals surface area contributed by atoms with E-state index in [1.165, 1.54) is 11.3 Å². The van der Waals surface area contributed by atoms with E-state index < -0.39 is 0 Å². The van der Waals surface area contributed by atoms with Crippen molar-refractivity contribution >= 4 is 56.6 Å². The normalized spacial score (nSPS) is 14.6. The summed E-state index contributed by atoms with van der Waals surface area (Å²) < 4.78 is 11.5. The number of amides is 1. The predicted molar refractivity (Wildman–Crippen MR) is 121 cm³/mol. The third-order valence-corrected chi connectivity index (χ3v) is 6.50.